The highest BCUT2D eigenvalue weighted by molar-refractivity contribution is 5.79. The van der Waals surface area contributed by atoms with E-state index in [0.29, 0.717) is 11.8 Å². The lowest BCUT2D eigenvalue weighted by molar-refractivity contribution is -0.125. The van der Waals surface area contributed by atoms with Crippen LogP contribution in [0.4, 0.5) is 0 Å². The molecule has 3 aliphatic rings. The van der Waals surface area contributed by atoms with Crippen molar-refractivity contribution in [3.8, 4) is 0 Å². The Morgan fingerprint density at radius 1 is 1.15 bits per heavy atom. The minimum Gasteiger partial charge on any atom is -0.356 e. The molecule has 2 nitrogen and oxygen atoms in total. The highest BCUT2D eigenvalue weighted by Gasteiger charge is 2.47. The maximum absolute atomic E-state index is 11.6. The van der Waals surface area contributed by atoms with Gasteiger partial charge in [-0.05, 0) is 49.9 Å². The molecule has 2 atom stereocenters. The van der Waals surface area contributed by atoms with E-state index in [1.54, 1.807) is 0 Å². The SMILES string of the molecule is O=C(NCC1CC1)C1CC2CC2C1. The summed E-state index contributed by atoms with van der Waals surface area (Å²) < 4.78 is 0. The average Bonchev–Trinajstić information content (AvgIpc) is 3.04. The van der Waals surface area contributed by atoms with E-state index in [2.05, 4.69) is 5.32 Å². The number of fused-ring (bicyclic) bond motifs is 1. The third-order valence-corrected chi connectivity index (χ3v) is 3.88. The van der Waals surface area contributed by atoms with E-state index in [-0.39, 0.29) is 0 Å². The van der Waals surface area contributed by atoms with Crippen LogP contribution in [0.25, 0.3) is 0 Å². The minimum absolute atomic E-state index is 0.346. The van der Waals surface area contributed by atoms with Crippen molar-refractivity contribution in [1.29, 1.82) is 0 Å². The Kier molecular flexibility index (Phi) is 1.64. The molecule has 2 unspecified atom stereocenters. The van der Waals surface area contributed by atoms with E-state index >= 15 is 0 Å². The van der Waals surface area contributed by atoms with Gasteiger partial charge < -0.3 is 5.32 Å². The average molecular weight is 179 g/mol. The Hall–Kier alpha value is -0.530. The van der Waals surface area contributed by atoms with Gasteiger partial charge in [-0.25, -0.2) is 0 Å². The number of carbonyl (C=O) groups is 1. The Morgan fingerprint density at radius 3 is 2.46 bits per heavy atom. The van der Waals surface area contributed by atoms with Crippen LogP contribution in [0.1, 0.15) is 32.1 Å². The molecular formula is C11H17NO. The molecule has 3 saturated carbocycles. The number of nitrogens with one attached hydrogen (secondary N) is 1. The van der Waals surface area contributed by atoms with Crippen molar-refractivity contribution in [3.63, 3.8) is 0 Å². The van der Waals surface area contributed by atoms with Crippen LogP contribution in [0.3, 0.4) is 0 Å². The first-order valence-corrected chi connectivity index (χ1v) is 5.60. The second-order valence-corrected chi connectivity index (χ2v) is 5.11. The highest BCUT2D eigenvalue weighted by atomic mass is 16.1. The summed E-state index contributed by atoms with van der Waals surface area (Å²) in [6.07, 6.45) is 6.43. The maximum atomic E-state index is 11.6. The molecule has 3 rings (SSSR count). The molecule has 3 aliphatic carbocycles. The summed E-state index contributed by atoms with van der Waals surface area (Å²) in [6, 6.07) is 0. The Labute approximate surface area is 79.1 Å². The zero-order valence-electron chi connectivity index (χ0n) is 7.96. The van der Waals surface area contributed by atoms with Crippen molar-refractivity contribution < 1.29 is 4.79 Å². The summed E-state index contributed by atoms with van der Waals surface area (Å²) in [5, 5.41) is 3.09. The Bertz CT molecular complexity index is 224. The fraction of sp³-hybridized carbons (Fsp3) is 0.909. The lowest BCUT2D eigenvalue weighted by atomic mass is 10.0. The molecule has 0 aliphatic heterocycles. The molecule has 3 fully saturated rings. The van der Waals surface area contributed by atoms with Gasteiger partial charge in [0, 0.05) is 12.5 Å². The highest BCUT2D eigenvalue weighted by Crippen LogP contribution is 2.54. The third-order valence-electron chi connectivity index (χ3n) is 3.88. The standard InChI is InChI=1S/C11H17NO/c13-11(12-6-7-1-2-7)10-4-8-3-9(8)5-10/h7-10H,1-6H2,(H,12,13). The van der Waals surface area contributed by atoms with Crippen LogP contribution in [-0.2, 0) is 4.79 Å². The van der Waals surface area contributed by atoms with E-state index in [4.69, 9.17) is 0 Å². The summed E-state index contributed by atoms with van der Waals surface area (Å²) in [6.45, 7) is 0.949. The lowest BCUT2D eigenvalue weighted by Crippen LogP contribution is -2.31. The zero-order chi connectivity index (χ0) is 8.84. The van der Waals surface area contributed by atoms with E-state index < -0.39 is 0 Å². The second-order valence-electron chi connectivity index (χ2n) is 5.11. The lowest BCUT2D eigenvalue weighted by Gasteiger charge is -2.11. The predicted octanol–water partition coefficient (Wildman–Crippen LogP) is 1.56. The summed E-state index contributed by atoms with van der Waals surface area (Å²) in [7, 11) is 0. The van der Waals surface area contributed by atoms with Gasteiger partial charge in [-0.15, -0.1) is 0 Å². The largest absolute Gasteiger partial charge is 0.356 e. The Morgan fingerprint density at radius 2 is 1.85 bits per heavy atom. The summed E-state index contributed by atoms with van der Waals surface area (Å²) in [5.74, 6) is 3.40. The first kappa shape index (κ1) is 7.84. The van der Waals surface area contributed by atoms with Crippen molar-refractivity contribution in [2.24, 2.45) is 23.7 Å². The summed E-state index contributed by atoms with van der Waals surface area (Å²) in [4.78, 5) is 11.6. The van der Waals surface area contributed by atoms with Gasteiger partial charge in [-0.1, -0.05) is 0 Å². The molecule has 2 heteroatoms. The predicted molar refractivity (Wildman–Crippen MR) is 50.1 cm³/mol. The zero-order valence-corrected chi connectivity index (χ0v) is 7.96. The van der Waals surface area contributed by atoms with Crippen LogP contribution >= 0.6 is 0 Å². The van der Waals surface area contributed by atoms with Crippen molar-refractivity contribution in [3.05, 3.63) is 0 Å². The van der Waals surface area contributed by atoms with Crippen molar-refractivity contribution in [1.82, 2.24) is 5.32 Å². The molecule has 72 valence electrons. The second kappa shape index (κ2) is 2.73. The van der Waals surface area contributed by atoms with Crippen LogP contribution < -0.4 is 5.32 Å². The Balaban J connectivity index is 1.45. The van der Waals surface area contributed by atoms with Crippen LogP contribution in [-0.4, -0.2) is 12.5 Å². The molecular weight excluding hydrogens is 162 g/mol. The molecule has 0 saturated heterocycles. The van der Waals surface area contributed by atoms with Crippen LogP contribution in [0.2, 0.25) is 0 Å². The molecule has 0 aromatic carbocycles. The topological polar surface area (TPSA) is 29.1 Å². The molecule has 13 heavy (non-hydrogen) atoms. The number of rotatable bonds is 3. The molecule has 0 aromatic heterocycles. The third kappa shape index (κ3) is 1.59. The molecule has 0 heterocycles. The minimum atomic E-state index is 0.346. The molecule has 0 bridgehead atoms. The van der Waals surface area contributed by atoms with Gasteiger partial charge >= 0.3 is 0 Å². The quantitative estimate of drug-likeness (QED) is 0.700. The van der Waals surface area contributed by atoms with Crippen molar-refractivity contribution in [2.45, 2.75) is 32.1 Å². The van der Waals surface area contributed by atoms with E-state index in [1.807, 2.05) is 0 Å². The normalized spacial score (nSPS) is 41.4. The number of carbonyl (C=O) groups excluding carboxylic acids is 1. The van der Waals surface area contributed by atoms with Crippen molar-refractivity contribution in [2.75, 3.05) is 6.54 Å². The van der Waals surface area contributed by atoms with Gasteiger partial charge in [-0.3, -0.25) is 4.79 Å². The van der Waals surface area contributed by atoms with E-state index in [9.17, 15) is 4.79 Å². The molecule has 1 N–H and O–H groups in total. The molecule has 0 spiro atoms. The molecule has 0 aromatic rings. The van der Waals surface area contributed by atoms with Crippen molar-refractivity contribution >= 4 is 5.91 Å². The van der Waals surface area contributed by atoms with E-state index in [0.717, 1.165) is 24.3 Å². The number of hydrogen-bond donors (Lipinski definition) is 1. The smallest absolute Gasteiger partial charge is 0.223 e. The van der Waals surface area contributed by atoms with Gasteiger partial charge in [0.15, 0.2) is 0 Å². The monoisotopic (exact) mass is 179 g/mol. The van der Waals surface area contributed by atoms with Crippen LogP contribution in [0, 0.1) is 23.7 Å². The van der Waals surface area contributed by atoms with Gasteiger partial charge in [-0.2, -0.15) is 0 Å². The van der Waals surface area contributed by atoms with E-state index in [1.165, 1.54) is 32.1 Å². The summed E-state index contributed by atoms with van der Waals surface area (Å²) in [5.41, 5.74) is 0. The van der Waals surface area contributed by atoms with Gasteiger partial charge in [0.2, 0.25) is 5.91 Å². The fourth-order valence-corrected chi connectivity index (χ4v) is 2.64. The van der Waals surface area contributed by atoms with Gasteiger partial charge in [0.05, 0.1) is 0 Å². The maximum Gasteiger partial charge on any atom is 0.223 e. The first-order valence-electron chi connectivity index (χ1n) is 5.60. The molecule has 1 amide bonds. The molecule has 0 radical (unpaired) electrons. The number of hydrogen-bond acceptors (Lipinski definition) is 1. The van der Waals surface area contributed by atoms with Gasteiger partial charge in [0.1, 0.15) is 0 Å². The summed E-state index contributed by atoms with van der Waals surface area (Å²) >= 11 is 0. The number of amides is 1. The first-order chi connectivity index (χ1) is 6.33. The fourth-order valence-electron chi connectivity index (χ4n) is 2.64. The van der Waals surface area contributed by atoms with Crippen LogP contribution in [0.5, 0.6) is 0 Å². The van der Waals surface area contributed by atoms with Gasteiger partial charge in [0.25, 0.3) is 0 Å². The van der Waals surface area contributed by atoms with Crippen LogP contribution in [0.15, 0.2) is 0 Å².